The first kappa shape index (κ1) is 17.1. The van der Waals surface area contributed by atoms with Crippen LogP contribution >= 0.6 is 0 Å². The van der Waals surface area contributed by atoms with Gasteiger partial charge in [-0.05, 0) is 12.1 Å². The third kappa shape index (κ3) is 3.26. The van der Waals surface area contributed by atoms with E-state index in [1.165, 1.54) is 7.11 Å². The van der Waals surface area contributed by atoms with Crippen molar-refractivity contribution in [3.63, 3.8) is 0 Å². The van der Waals surface area contributed by atoms with Crippen molar-refractivity contribution >= 4 is 34.0 Å². The molecule has 0 aliphatic heterocycles. The standard InChI is InChI=1S/C17H20N4O4/c1-23-8-7-21-15(18)13(17(22)25-10-9-24-2)14-16(21)20-12-6-4-3-5-11(12)19-14/h3-6H,7-10,18H2,1-2H3. The molecule has 2 heterocycles. The minimum atomic E-state index is -0.541. The number of para-hydroxylation sites is 2. The summed E-state index contributed by atoms with van der Waals surface area (Å²) in [7, 11) is 3.14. The number of hydrogen-bond donors (Lipinski definition) is 1. The van der Waals surface area contributed by atoms with Gasteiger partial charge in [0.25, 0.3) is 0 Å². The molecule has 0 unspecified atom stereocenters. The molecule has 1 aromatic carbocycles. The summed E-state index contributed by atoms with van der Waals surface area (Å²) < 4.78 is 17.0. The second-order valence-corrected chi connectivity index (χ2v) is 5.42. The van der Waals surface area contributed by atoms with Crippen molar-refractivity contribution in [2.45, 2.75) is 6.54 Å². The smallest absolute Gasteiger partial charge is 0.344 e. The van der Waals surface area contributed by atoms with Gasteiger partial charge < -0.3 is 24.5 Å². The zero-order chi connectivity index (χ0) is 17.8. The first-order valence-corrected chi connectivity index (χ1v) is 7.86. The van der Waals surface area contributed by atoms with E-state index >= 15 is 0 Å². The molecule has 0 aliphatic rings. The molecular weight excluding hydrogens is 324 g/mol. The first-order chi connectivity index (χ1) is 12.2. The molecule has 2 N–H and O–H groups in total. The highest BCUT2D eigenvalue weighted by molar-refractivity contribution is 6.08. The number of methoxy groups -OCH3 is 2. The summed E-state index contributed by atoms with van der Waals surface area (Å²) in [5.74, 6) is -0.273. The molecule has 0 radical (unpaired) electrons. The van der Waals surface area contributed by atoms with Crippen molar-refractivity contribution in [2.24, 2.45) is 0 Å². The lowest BCUT2D eigenvalue weighted by Gasteiger charge is -2.07. The molecule has 132 valence electrons. The maximum Gasteiger partial charge on any atom is 0.344 e. The Bertz CT molecular complexity index is 906. The molecule has 8 heteroatoms. The predicted octanol–water partition coefficient (Wildman–Crippen LogP) is 1.62. The molecule has 3 rings (SSSR count). The average molecular weight is 344 g/mol. The van der Waals surface area contributed by atoms with Crippen molar-refractivity contribution in [1.82, 2.24) is 14.5 Å². The van der Waals surface area contributed by atoms with Crippen LogP contribution in [0.4, 0.5) is 5.82 Å². The lowest BCUT2D eigenvalue weighted by Crippen LogP contribution is -2.13. The van der Waals surface area contributed by atoms with E-state index in [2.05, 4.69) is 9.97 Å². The van der Waals surface area contributed by atoms with Crippen molar-refractivity contribution in [1.29, 1.82) is 0 Å². The van der Waals surface area contributed by atoms with Crippen LogP contribution in [-0.4, -0.2) is 54.5 Å². The number of hydrogen-bond acceptors (Lipinski definition) is 7. The molecule has 0 atom stereocenters. The number of anilines is 1. The Morgan fingerprint density at radius 2 is 1.76 bits per heavy atom. The number of esters is 1. The van der Waals surface area contributed by atoms with Crippen molar-refractivity contribution in [2.75, 3.05) is 39.8 Å². The topological polar surface area (TPSA) is 101 Å². The van der Waals surface area contributed by atoms with Gasteiger partial charge in [-0.25, -0.2) is 14.8 Å². The van der Waals surface area contributed by atoms with Crippen molar-refractivity contribution in [3.05, 3.63) is 29.8 Å². The Morgan fingerprint density at radius 3 is 2.44 bits per heavy atom. The number of benzene rings is 1. The normalized spacial score (nSPS) is 11.3. The lowest BCUT2D eigenvalue weighted by atomic mass is 10.2. The summed E-state index contributed by atoms with van der Waals surface area (Å²) in [6, 6.07) is 7.45. The highest BCUT2D eigenvalue weighted by atomic mass is 16.6. The summed E-state index contributed by atoms with van der Waals surface area (Å²) in [5, 5.41) is 0. The monoisotopic (exact) mass is 344 g/mol. The van der Waals surface area contributed by atoms with E-state index < -0.39 is 5.97 Å². The molecule has 0 bridgehead atoms. The van der Waals surface area contributed by atoms with Crippen LogP contribution in [0.1, 0.15) is 10.4 Å². The molecule has 0 amide bonds. The molecule has 0 saturated heterocycles. The van der Waals surface area contributed by atoms with Crippen LogP contribution in [0.3, 0.4) is 0 Å². The summed E-state index contributed by atoms with van der Waals surface area (Å²) in [6.45, 7) is 1.33. The van der Waals surface area contributed by atoms with Gasteiger partial charge in [-0.2, -0.15) is 0 Å². The minimum absolute atomic E-state index is 0.139. The SMILES string of the molecule is COCCOC(=O)c1c(N)n(CCOC)c2nc3ccccc3nc12. The Kier molecular flexibility index (Phi) is 5.11. The molecule has 25 heavy (non-hydrogen) atoms. The fraction of sp³-hybridized carbons (Fsp3) is 0.353. The summed E-state index contributed by atoms with van der Waals surface area (Å²) >= 11 is 0. The Morgan fingerprint density at radius 1 is 1.08 bits per heavy atom. The Labute approximate surface area is 144 Å². The number of rotatable bonds is 7. The van der Waals surface area contributed by atoms with E-state index in [1.54, 1.807) is 11.7 Å². The van der Waals surface area contributed by atoms with E-state index in [0.29, 0.717) is 36.4 Å². The minimum Gasteiger partial charge on any atom is -0.459 e. The van der Waals surface area contributed by atoms with E-state index in [1.807, 2.05) is 24.3 Å². The van der Waals surface area contributed by atoms with Gasteiger partial charge in [-0.1, -0.05) is 12.1 Å². The van der Waals surface area contributed by atoms with E-state index in [9.17, 15) is 4.79 Å². The maximum atomic E-state index is 12.5. The first-order valence-electron chi connectivity index (χ1n) is 7.86. The summed E-state index contributed by atoms with van der Waals surface area (Å²) in [6.07, 6.45) is 0. The highest BCUT2D eigenvalue weighted by Gasteiger charge is 2.24. The van der Waals surface area contributed by atoms with Crippen LogP contribution in [0.15, 0.2) is 24.3 Å². The van der Waals surface area contributed by atoms with Gasteiger partial charge in [0.2, 0.25) is 0 Å². The Hall–Kier alpha value is -2.71. The van der Waals surface area contributed by atoms with Gasteiger partial charge in [-0.15, -0.1) is 0 Å². The number of fused-ring (bicyclic) bond motifs is 2. The largest absolute Gasteiger partial charge is 0.459 e. The van der Waals surface area contributed by atoms with E-state index in [4.69, 9.17) is 19.9 Å². The van der Waals surface area contributed by atoms with E-state index in [-0.39, 0.29) is 18.0 Å². The van der Waals surface area contributed by atoms with Gasteiger partial charge in [0, 0.05) is 20.8 Å². The van der Waals surface area contributed by atoms with Gasteiger partial charge >= 0.3 is 5.97 Å². The molecule has 0 fully saturated rings. The number of carbonyl (C=O) groups excluding carboxylic acids is 1. The van der Waals surface area contributed by atoms with E-state index in [0.717, 1.165) is 5.52 Å². The molecule has 8 nitrogen and oxygen atoms in total. The second-order valence-electron chi connectivity index (χ2n) is 5.42. The number of carbonyl (C=O) groups is 1. The fourth-order valence-electron chi connectivity index (χ4n) is 2.62. The van der Waals surface area contributed by atoms with Gasteiger partial charge in [0.05, 0.1) is 24.2 Å². The van der Waals surface area contributed by atoms with Crippen LogP contribution in [-0.2, 0) is 20.8 Å². The van der Waals surface area contributed by atoms with Crippen molar-refractivity contribution in [3.8, 4) is 0 Å². The van der Waals surface area contributed by atoms with Crippen molar-refractivity contribution < 1.29 is 19.0 Å². The summed E-state index contributed by atoms with van der Waals surface area (Å²) in [4.78, 5) is 21.7. The summed E-state index contributed by atoms with van der Waals surface area (Å²) in [5.41, 5.74) is 8.81. The number of nitrogens with two attached hydrogens (primary N) is 1. The van der Waals surface area contributed by atoms with Gasteiger partial charge in [-0.3, -0.25) is 0 Å². The number of nitrogen functional groups attached to an aromatic ring is 1. The van der Waals surface area contributed by atoms with Crippen LogP contribution in [0.25, 0.3) is 22.2 Å². The molecule has 3 aromatic rings. The van der Waals surface area contributed by atoms with Gasteiger partial charge in [0.15, 0.2) is 5.65 Å². The third-order valence-corrected chi connectivity index (χ3v) is 3.84. The van der Waals surface area contributed by atoms with Crippen LogP contribution in [0, 0.1) is 0 Å². The molecular formula is C17H20N4O4. The number of aromatic nitrogens is 3. The highest BCUT2D eigenvalue weighted by Crippen LogP contribution is 2.28. The zero-order valence-electron chi connectivity index (χ0n) is 14.2. The molecule has 2 aromatic heterocycles. The quantitative estimate of drug-likeness (QED) is 0.513. The number of nitrogens with zero attached hydrogens (tertiary/aromatic N) is 3. The second kappa shape index (κ2) is 7.45. The molecule has 0 aliphatic carbocycles. The van der Waals surface area contributed by atoms with Crippen LogP contribution in [0.2, 0.25) is 0 Å². The average Bonchev–Trinajstić information content (AvgIpc) is 2.88. The molecule has 0 spiro atoms. The van der Waals surface area contributed by atoms with Gasteiger partial charge in [0.1, 0.15) is 23.5 Å². The predicted molar refractivity (Wildman–Crippen MR) is 93.5 cm³/mol. The molecule has 0 saturated carbocycles. The number of ether oxygens (including phenoxy) is 3. The fourth-order valence-corrected chi connectivity index (χ4v) is 2.62. The zero-order valence-corrected chi connectivity index (χ0v) is 14.2. The lowest BCUT2D eigenvalue weighted by molar-refractivity contribution is 0.0391. The van der Waals surface area contributed by atoms with Crippen LogP contribution in [0.5, 0.6) is 0 Å². The Balaban J connectivity index is 2.15. The third-order valence-electron chi connectivity index (χ3n) is 3.84. The van der Waals surface area contributed by atoms with Crippen LogP contribution < -0.4 is 5.73 Å². The maximum absolute atomic E-state index is 12.5.